The molecule has 2 aliphatic heterocycles. The summed E-state index contributed by atoms with van der Waals surface area (Å²) in [7, 11) is 0. The van der Waals surface area contributed by atoms with E-state index in [0.29, 0.717) is 12.1 Å². The van der Waals surface area contributed by atoms with Crippen LogP contribution < -0.4 is 21.3 Å². The van der Waals surface area contributed by atoms with E-state index in [0.717, 1.165) is 5.56 Å². The standard InChI is InChI=1S/C38H53F3N6O6/c1-10-17-42-31(50)28(48)24(15-16-38(39,40)41)43-30(49)27-26-23(37(26,8)9)19-47(27)33(52)29(36(5,6)7)45-34(53)44-25(35(2,3)4)20-46-18-21-13-11-12-14-22(21)32(46)51/h10-14,23-27,29H,1,15-20H2,2-9H3,(H,42,50)(H,43,49)(H2,44,45,53)/t23-,24?,25+,26-,27-,29+/m0/s1. The number of ketones is 1. The van der Waals surface area contributed by atoms with Crippen LogP contribution in [0.2, 0.25) is 0 Å². The third-order valence-electron chi connectivity index (χ3n) is 10.8. The first-order chi connectivity index (χ1) is 24.4. The Bertz CT molecular complexity index is 1630. The van der Waals surface area contributed by atoms with E-state index in [-0.39, 0.29) is 42.8 Å². The second kappa shape index (κ2) is 15.1. The van der Waals surface area contributed by atoms with E-state index in [9.17, 15) is 41.9 Å². The molecule has 4 rings (SSSR count). The van der Waals surface area contributed by atoms with Crippen molar-refractivity contribution in [3.05, 3.63) is 48.0 Å². The molecule has 0 bridgehead atoms. The fourth-order valence-electron chi connectivity index (χ4n) is 7.42. The Hall–Kier alpha value is -4.43. The van der Waals surface area contributed by atoms with Crippen LogP contribution in [-0.2, 0) is 25.7 Å². The number of piperidine rings is 1. The minimum atomic E-state index is -4.66. The molecular formula is C38H53F3N6O6. The molecule has 292 valence electrons. The third-order valence-corrected chi connectivity index (χ3v) is 10.8. The molecule has 0 aromatic heterocycles. The highest BCUT2D eigenvalue weighted by Crippen LogP contribution is 2.65. The Morgan fingerprint density at radius 3 is 2.19 bits per heavy atom. The van der Waals surface area contributed by atoms with E-state index >= 15 is 0 Å². The van der Waals surface area contributed by atoms with E-state index in [2.05, 4.69) is 27.8 Å². The summed E-state index contributed by atoms with van der Waals surface area (Å²) in [5.41, 5.74) is -0.247. The molecule has 2 fully saturated rings. The van der Waals surface area contributed by atoms with Gasteiger partial charge < -0.3 is 31.1 Å². The summed E-state index contributed by atoms with van der Waals surface area (Å²) in [4.78, 5) is 83.6. The monoisotopic (exact) mass is 746 g/mol. The minimum Gasteiger partial charge on any atom is -0.346 e. The highest BCUT2D eigenvalue weighted by atomic mass is 19.4. The molecule has 1 aliphatic carbocycles. The van der Waals surface area contributed by atoms with Gasteiger partial charge in [-0.05, 0) is 46.1 Å². The molecular weight excluding hydrogens is 693 g/mol. The molecule has 1 aromatic carbocycles. The molecule has 2 heterocycles. The number of alkyl halides is 3. The topological polar surface area (TPSA) is 157 Å². The lowest BCUT2D eigenvalue weighted by Gasteiger charge is -2.39. The zero-order valence-corrected chi connectivity index (χ0v) is 31.8. The highest BCUT2D eigenvalue weighted by Gasteiger charge is 2.70. The second-order valence-corrected chi connectivity index (χ2v) is 17.1. The summed E-state index contributed by atoms with van der Waals surface area (Å²) >= 11 is 0. The van der Waals surface area contributed by atoms with E-state index in [1.54, 1.807) is 37.8 Å². The van der Waals surface area contributed by atoms with Gasteiger partial charge in [0.25, 0.3) is 11.8 Å². The van der Waals surface area contributed by atoms with Crippen LogP contribution in [0.5, 0.6) is 0 Å². The number of rotatable bonds is 13. The van der Waals surface area contributed by atoms with Crippen LogP contribution in [0, 0.1) is 28.1 Å². The number of hydrogen-bond donors (Lipinski definition) is 4. The van der Waals surface area contributed by atoms with Crippen LogP contribution in [0.15, 0.2) is 36.9 Å². The van der Waals surface area contributed by atoms with Gasteiger partial charge in [-0.2, -0.15) is 13.2 Å². The fourth-order valence-corrected chi connectivity index (χ4v) is 7.42. The number of Topliss-reactive ketones (excluding diaryl/α,β-unsaturated/α-hetero) is 1. The number of urea groups is 1. The number of benzene rings is 1. The van der Waals surface area contributed by atoms with E-state index in [1.165, 1.54) is 11.0 Å². The summed E-state index contributed by atoms with van der Waals surface area (Å²) in [6.07, 6.45) is -5.66. The summed E-state index contributed by atoms with van der Waals surface area (Å²) in [5, 5.41) is 10.4. The lowest BCUT2D eigenvalue weighted by atomic mass is 9.85. The number of amides is 6. The van der Waals surface area contributed by atoms with Gasteiger partial charge in [-0.15, -0.1) is 6.58 Å². The summed E-state index contributed by atoms with van der Waals surface area (Å²) in [6.45, 7) is 19.0. The van der Waals surface area contributed by atoms with Crippen molar-refractivity contribution in [2.45, 2.75) is 105 Å². The molecule has 12 nitrogen and oxygen atoms in total. The fraction of sp³-hybridized carbons (Fsp3) is 0.632. The Kier molecular flexibility index (Phi) is 11.8. The molecule has 6 amide bonds. The average molecular weight is 747 g/mol. The van der Waals surface area contributed by atoms with Crippen molar-refractivity contribution < 1.29 is 41.9 Å². The van der Waals surface area contributed by atoms with E-state index in [4.69, 9.17) is 0 Å². The van der Waals surface area contributed by atoms with Crippen molar-refractivity contribution in [2.24, 2.45) is 28.1 Å². The second-order valence-electron chi connectivity index (χ2n) is 17.1. The lowest BCUT2D eigenvalue weighted by molar-refractivity contribution is -0.148. The number of carbonyl (C=O) groups excluding carboxylic acids is 6. The number of likely N-dealkylation sites (tertiary alicyclic amines) is 1. The molecule has 1 saturated carbocycles. The van der Waals surface area contributed by atoms with Gasteiger partial charge >= 0.3 is 12.2 Å². The van der Waals surface area contributed by atoms with Crippen molar-refractivity contribution in [3.8, 4) is 0 Å². The van der Waals surface area contributed by atoms with Gasteiger partial charge in [-0.3, -0.25) is 24.0 Å². The predicted octanol–water partition coefficient (Wildman–Crippen LogP) is 3.95. The van der Waals surface area contributed by atoms with Crippen molar-refractivity contribution in [2.75, 3.05) is 19.6 Å². The number of nitrogens with zero attached hydrogens (tertiary/aromatic N) is 2. The zero-order chi connectivity index (χ0) is 39.8. The molecule has 0 radical (unpaired) electrons. The Morgan fingerprint density at radius 1 is 0.981 bits per heavy atom. The predicted molar refractivity (Wildman–Crippen MR) is 191 cm³/mol. The van der Waals surface area contributed by atoms with Crippen LogP contribution in [0.4, 0.5) is 18.0 Å². The largest absolute Gasteiger partial charge is 0.389 e. The van der Waals surface area contributed by atoms with Crippen LogP contribution in [0.3, 0.4) is 0 Å². The smallest absolute Gasteiger partial charge is 0.346 e. The zero-order valence-electron chi connectivity index (χ0n) is 31.8. The number of halogens is 3. The first-order valence-electron chi connectivity index (χ1n) is 17.9. The van der Waals surface area contributed by atoms with Crippen LogP contribution in [-0.4, -0.2) is 95.2 Å². The van der Waals surface area contributed by atoms with Gasteiger partial charge in [-0.1, -0.05) is 79.7 Å². The van der Waals surface area contributed by atoms with Crippen LogP contribution >= 0.6 is 0 Å². The minimum absolute atomic E-state index is 0.108. The van der Waals surface area contributed by atoms with Gasteiger partial charge in [0.1, 0.15) is 12.1 Å². The number of hydrogen-bond acceptors (Lipinski definition) is 6. The van der Waals surface area contributed by atoms with Gasteiger partial charge in [0, 0.05) is 38.2 Å². The molecule has 1 unspecified atom stereocenters. The quantitative estimate of drug-likeness (QED) is 0.177. The van der Waals surface area contributed by atoms with E-state index < -0.39 is 83.6 Å². The van der Waals surface area contributed by atoms with Crippen molar-refractivity contribution in [1.29, 1.82) is 0 Å². The third kappa shape index (κ3) is 9.39. The Morgan fingerprint density at radius 2 is 1.62 bits per heavy atom. The molecule has 1 aromatic rings. The van der Waals surface area contributed by atoms with Crippen LogP contribution in [0.25, 0.3) is 0 Å². The summed E-state index contributed by atoms with van der Waals surface area (Å²) < 4.78 is 39.7. The normalized spacial score (nSPS) is 22.2. The first-order valence-corrected chi connectivity index (χ1v) is 17.9. The molecule has 6 atom stereocenters. The van der Waals surface area contributed by atoms with Gasteiger partial charge in [-0.25, -0.2) is 4.79 Å². The van der Waals surface area contributed by atoms with E-state index in [1.807, 2.05) is 46.8 Å². The molecule has 4 N–H and O–H groups in total. The van der Waals surface area contributed by atoms with Crippen LogP contribution in [0.1, 0.15) is 84.2 Å². The number of carbonyl (C=O) groups is 6. The maximum absolute atomic E-state index is 14.4. The van der Waals surface area contributed by atoms with Crippen molar-refractivity contribution in [3.63, 3.8) is 0 Å². The molecule has 0 spiro atoms. The molecule has 1 saturated heterocycles. The molecule has 3 aliphatic rings. The number of nitrogens with one attached hydrogen (secondary N) is 4. The number of fused-ring (bicyclic) bond motifs is 2. The van der Waals surface area contributed by atoms with Crippen molar-refractivity contribution >= 4 is 35.4 Å². The maximum atomic E-state index is 14.4. The Labute approximate surface area is 309 Å². The summed E-state index contributed by atoms with van der Waals surface area (Å²) in [6, 6.07) is 2.02. The maximum Gasteiger partial charge on any atom is 0.389 e. The SMILES string of the molecule is C=CCNC(=O)C(=O)C(CCC(F)(F)F)NC(=O)[C@@H]1[C@@H]2[C@H](CN1C(=O)[C@@H](NC(=O)N[C@H](CN1Cc3ccccc3C1=O)C(C)(C)C)C(C)(C)C)C2(C)C. The Balaban J connectivity index is 1.53. The molecule has 15 heteroatoms. The molecule has 53 heavy (non-hydrogen) atoms. The van der Waals surface area contributed by atoms with Gasteiger partial charge in [0.15, 0.2) is 0 Å². The lowest BCUT2D eigenvalue weighted by Crippen LogP contribution is -2.62. The first kappa shape index (κ1) is 41.3. The van der Waals surface area contributed by atoms with Gasteiger partial charge in [0.05, 0.1) is 12.1 Å². The van der Waals surface area contributed by atoms with Crippen molar-refractivity contribution in [1.82, 2.24) is 31.1 Å². The van der Waals surface area contributed by atoms with Gasteiger partial charge in [0.2, 0.25) is 17.6 Å². The highest BCUT2D eigenvalue weighted by molar-refractivity contribution is 6.38. The average Bonchev–Trinajstić information content (AvgIpc) is 3.33. The summed E-state index contributed by atoms with van der Waals surface area (Å²) in [5.74, 6) is -4.47.